The molecule has 0 aliphatic rings. The molecular weight excluding hydrogens is 488 g/mol. The summed E-state index contributed by atoms with van der Waals surface area (Å²) in [6, 6.07) is 19.3. The van der Waals surface area contributed by atoms with Crippen LogP contribution in [0.25, 0.3) is 16.7 Å². The van der Waals surface area contributed by atoms with Crippen molar-refractivity contribution in [1.82, 2.24) is 30.3 Å². The minimum Gasteiger partial charge on any atom is -0.396 e. The average Bonchev–Trinajstić information content (AvgIpc) is 3.52. The van der Waals surface area contributed by atoms with Gasteiger partial charge in [-0.1, -0.05) is 47.1 Å². The highest BCUT2D eigenvalue weighted by atomic mass is 35.5. The molecule has 0 aliphatic carbocycles. The Morgan fingerprint density at radius 1 is 1.11 bits per heavy atom. The number of aliphatic hydroxyl groups excluding tert-OH is 1. The summed E-state index contributed by atoms with van der Waals surface area (Å²) < 4.78 is 1.56. The highest BCUT2D eigenvalue weighted by molar-refractivity contribution is 6.34. The molecule has 0 radical (unpaired) electrons. The van der Waals surface area contributed by atoms with E-state index in [2.05, 4.69) is 46.6 Å². The van der Waals surface area contributed by atoms with E-state index < -0.39 is 0 Å². The van der Waals surface area contributed by atoms with Crippen LogP contribution in [0.2, 0.25) is 5.02 Å². The summed E-state index contributed by atoms with van der Waals surface area (Å²) in [7, 11) is 0. The molecule has 3 N–H and O–H groups in total. The number of H-pyrrole nitrogens is 1. The number of amides is 1. The van der Waals surface area contributed by atoms with Gasteiger partial charge in [0.05, 0.1) is 45.1 Å². The Bertz CT molecular complexity index is 1520. The molecule has 9 heteroatoms. The third-order valence-electron chi connectivity index (χ3n) is 6.49. The standard InChI is InChI=1S/C28H27ClN6O2/c1-17-12-25-26(13-18(17)2)32-27(31-25)23(19-6-4-3-5-7-19)15-30-28(37)22-9-8-21(14-24(22)29)35-16-20(10-11-36)33-34-35/h3-9,12-14,16,23,36H,10-11,15H2,1-2H3,(H,30,37)(H,31,32)/t23-/m0/s1. The summed E-state index contributed by atoms with van der Waals surface area (Å²) in [6.07, 6.45) is 2.14. The van der Waals surface area contributed by atoms with Gasteiger partial charge in [-0.15, -0.1) is 5.10 Å². The van der Waals surface area contributed by atoms with Gasteiger partial charge in [-0.3, -0.25) is 4.79 Å². The molecule has 0 bridgehead atoms. The molecule has 188 valence electrons. The van der Waals surface area contributed by atoms with E-state index in [1.807, 2.05) is 30.3 Å². The third-order valence-corrected chi connectivity index (χ3v) is 6.80. The van der Waals surface area contributed by atoms with Crippen molar-refractivity contribution in [1.29, 1.82) is 0 Å². The van der Waals surface area contributed by atoms with Crippen LogP contribution in [0.1, 0.15) is 44.5 Å². The number of fused-ring (bicyclic) bond motifs is 1. The van der Waals surface area contributed by atoms with E-state index in [0.29, 0.717) is 34.9 Å². The van der Waals surface area contributed by atoms with Gasteiger partial charge in [0.25, 0.3) is 5.91 Å². The van der Waals surface area contributed by atoms with E-state index in [1.165, 1.54) is 11.1 Å². The molecule has 5 aromatic rings. The number of benzene rings is 3. The van der Waals surface area contributed by atoms with Crippen molar-refractivity contribution in [2.75, 3.05) is 13.2 Å². The Morgan fingerprint density at radius 3 is 2.65 bits per heavy atom. The molecular formula is C28H27ClN6O2. The number of imidazole rings is 1. The van der Waals surface area contributed by atoms with E-state index in [0.717, 1.165) is 22.4 Å². The molecule has 2 heterocycles. The number of hydrogen-bond donors (Lipinski definition) is 3. The topological polar surface area (TPSA) is 109 Å². The first kappa shape index (κ1) is 24.7. The summed E-state index contributed by atoms with van der Waals surface area (Å²) >= 11 is 6.49. The van der Waals surface area contributed by atoms with E-state index in [-0.39, 0.29) is 18.4 Å². The van der Waals surface area contributed by atoms with Crippen LogP contribution in [-0.2, 0) is 6.42 Å². The molecule has 1 amide bonds. The lowest BCUT2D eigenvalue weighted by Crippen LogP contribution is -2.29. The van der Waals surface area contributed by atoms with Crippen LogP contribution in [0.4, 0.5) is 0 Å². The van der Waals surface area contributed by atoms with Crippen molar-refractivity contribution < 1.29 is 9.90 Å². The maximum Gasteiger partial charge on any atom is 0.252 e. The number of rotatable bonds is 8. The van der Waals surface area contributed by atoms with Gasteiger partial charge >= 0.3 is 0 Å². The quantitative estimate of drug-likeness (QED) is 0.282. The van der Waals surface area contributed by atoms with Crippen LogP contribution in [-0.4, -0.2) is 49.1 Å². The molecule has 8 nitrogen and oxygen atoms in total. The zero-order chi connectivity index (χ0) is 25.9. The SMILES string of the molecule is Cc1cc2nc([C@@H](CNC(=O)c3ccc(-n4cc(CCO)nn4)cc3Cl)c3ccccc3)[nH]c2cc1C. The van der Waals surface area contributed by atoms with Crippen LogP contribution >= 0.6 is 11.6 Å². The first-order chi connectivity index (χ1) is 17.9. The van der Waals surface area contributed by atoms with Gasteiger partial charge in [0.2, 0.25) is 0 Å². The Kier molecular flexibility index (Phi) is 7.03. The minimum absolute atomic E-state index is 0.00412. The fourth-order valence-corrected chi connectivity index (χ4v) is 4.55. The Balaban J connectivity index is 1.37. The number of aliphatic hydroxyl groups is 1. The first-order valence-electron chi connectivity index (χ1n) is 12.0. The molecule has 5 rings (SSSR count). The Hall–Kier alpha value is -4.01. The lowest BCUT2D eigenvalue weighted by atomic mass is 9.98. The molecule has 3 aromatic carbocycles. The largest absolute Gasteiger partial charge is 0.396 e. The molecule has 1 atom stereocenters. The molecule has 0 saturated carbocycles. The normalized spacial score (nSPS) is 12.1. The molecule has 0 saturated heterocycles. The van der Waals surface area contributed by atoms with Crippen molar-refractivity contribution in [2.24, 2.45) is 0 Å². The number of aromatic nitrogens is 5. The molecule has 0 fully saturated rings. The molecule has 0 aliphatic heterocycles. The van der Waals surface area contributed by atoms with Gasteiger partial charge in [0.1, 0.15) is 5.82 Å². The number of nitrogens with zero attached hydrogens (tertiary/aromatic N) is 4. The number of aryl methyl sites for hydroxylation is 2. The number of carbonyl (C=O) groups excluding carboxylic acids is 1. The number of halogens is 1. The fourth-order valence-electron chi connectivity index (χ4n) is 4.29. The summed E-state index contributed by atoms with van der Waals surface area (Å²) in [5, 5.41) is 20.5. The van der Waals surface area contributed by atoms with Crippen LogP contribution in [0, 0.1) is 13.8 Å². The lowest BCUT2D eigenvalue weighted by Gasteiger charge is -2.17. The van der Waals surface area contributed by atoms with Gasteiger partial charge in [-0.2, -0.15) is 0 Å². The van der Waals surface area contributed by atoms with Gasteiger partial charge in [-0.05, 0) is 60.9 Å². The van der Waals surface area contributed by atoms with Crippen molar-refractivity contribution in [3.8, 4) is 5.69 Å². The molecule has 0 unspecified atom stereocenters. The van der Waals surface area contributed by atoms with Crippen molar-refractivity contribution in [2.45, 2.75) is 26.2 Å². The maximum atomic E-state index is 13.1. The highest BCUT2D eigenvalue weighted by Crippen LogP contribution is 2.26. The predicted octanol–water partition coefficient (Wildman–Crippen LogP) is 4.51. The second-order valence-electron chi connectivity index (χ2n) is 9.04. The Morgan fingerprint density at radius 2 is 1.89 bits per heavy atom. The maximum absolute atomic E-state index is 13.1. The summed E-state index contributed by atoms with van der Waals surface area (Å²) in [5.74, 6) is 0.342. The van der Waals surface area contributed by atoms with Crippen LogP contribution < -0.4 is 5.32 Å². The van der Waals surface area contributed by atoms with Crippen LogP contribution in [0.15, 0.2) is 66.9 Å². The van der Waals surface area contributed by atoms with Gasteiger partial charge in [0, 0.05) is 19.6 Å². The number of nitrogens with one attached hydrogen (secondary N) is 2. The predicted molar refractivity (Wildman–Crippen MR) is 143 cm³/mol. The summed E-state index contributed by atoms with van der Waals surface area (Å²) in [6.45, 7) is 4.49. The summed E-state index contributed by atoms with van der Waals surface area (Å²) in [5.41, 5.74) is 7.00. The van der Waals surface area contributed by atoms with Crippen molar-refractivity contribution >= 4 is 28.5 Å². The van der Waals surface area contributed by atoms with Gasteiger partial charge in [0.15, 0.2) is 0 Å². The molecule has 37 heavy (non-hydrogen) atoms. The average molecular weight is 515 g/mol. The van der Waals surface area contributed by atoms with E-state index >= 15 is 0 Å². The zero-order valence-corrected chi connectivity index (χ0v) is 21.3. The van der Waals surface area contributed by atoms with Gasteiger partial charge < -0.3 is 15.4 Å². The smallest absolute Gasteiger partial charge is 0.252 e. The summed E-state index contributed by atoms with van der Waals surface area (Å²) in [4.78, 5) is 21.5. The second kappa shape index (κ2) is 10.5. The highest BCUT2D eigenvalue weighted by Gasteiger charge is 2.21. The van der Waals surface area contributed by atoms with Crippen molar-refractivity contribution in [3.63, 3.8) is 0 Å². The monoisotopic (exact) mass is 514 g/mol. The molecule has 2 aromatic heterocycles. The number of aromatic amines is 1. The van der Waals surface area contributed by atoms with E-state index in [4.69, 9.17) is 21.7 Å². The zero-order valence-electron chi connectivity index (χ0n) is 20.6. The van der Waals surface area contributed by atoms with Crippen molar-refractivity contribution in [3.05, 3.63) is 106 Å². The Labute approximate surface area is 219 Å². The van der Waals surface area contributed by atoms with Gasteiger partial charge in [-0.25, -0.2) is 9.67 Å². The van der Waals surface area contributed by atoms with Crippen LogP contribution in [0.3, 0.4) is 0 Å². The molecule has 0 spiro atoms. The van der Waals surface area contributed by atoms with E-state index in [9.17, 15) is 4.79 Å². The number of hydrogen-bond acceptors (Lipinski definition) is 5. The first-order valence-corrected chi connectivity index (χ1v) is 12.4. The number of carbonyl (C=O) groups is 1. The van der Waals surface area contributed by atoms with E-state index in [1.54, 1.807) is 29.1 Å². The lowest BCUT2D eigenvalue weighted by molar-refractivity contribution is 0.0952. The van der Waals surface area contributed by atoms with Crippen LogP contribution in [0.5, 0.6) is 0 Å². The third kappa shape index (κ3) is 5.26. The minimum atomic E-state index is -0.278. The fraction of sp³-hybridized carbons (Fsp3) is 0.214. The second-order valence-corrected chi connectivity index (χ2v) is 9.45.